The molecule has 1 aliphatic heterocycles. The van der Waals surface area contributed by atoms with Crippen LogP contribution in [0.15, 0.2) is 36.4 Å². The van der Waals surface area contributed by atoms with Crippen molar-refractivity contribution in [1.29, 1.82) is 0 Å². The zero-order valence-electron chi connectivity index (χ0n) is 20.2. The molecule has 0 spiro atoms. The number of carbonyl (C=O) groups is 2. The van der Waals surface area contributed by atoms with Crippen molar-refractivity contribution >= 4 is 17.5 Å². The van der Waals surface area contributed by atoms with Gasteiger partial charge in [0.25, 0.3) is 11.8 Å². The van der Waals surface area contributed by atoms with Gasteiger partial charge in [-0.1, -0.05) is 0 Å². The minimum atomic E-state index is -0.327. The van der Waals surface area contributed by atoms with Crippen LogP contribution in [0, 0.1) is 0 Å². The number of likely N-dealkylation sites (tertiary alicyclic amines) is 1. The SMILES string of the molecule is CCOc1ccc(OCC)c(NC(=O)c2ccc(OCC(=O)N3CCCCC3)c(OCC)c2)c1. The summed E-state index contributed by atoms with van der Waals surface area (Å²) in [5.41, 5.74) is 0.908. The standard InChI is InChI=1S/C26H34N2O6/c1-4-31-20-11-13-22(32-5-2)21(17-20)27-26(30)19-10-12-23(24(16-19)33-6-3)34-18-25(29)28-14-8-7-9-15-28/h10-13,16-17H,4-9,14-15,18H2,1-3H3,(H,27,30). The minimum Gasteiger partial charge on any atom is -0.494 e. The molecule has 8 heteroatoms. The maximum absolute atomic E-state index is 13.0. The number of benzene rings is 2. The molecule has 8 nitrogen and oxygen atoms in total. The molecule has 2 aromatic rings. The number of amides is 2. The largest absolute Gasteiger partial charge is 0.494 e. The van der Waals surface area contributed by atoms with Gasteiger partial charge >= 0.3 is 0 Å². The van der Waals surface area contributed by atoms with Crippen LogP contribution in [0.2, 0.25) is 0 Å². The molecule has 1 fully saturated rings. The predicted molar refractivity (Wildman–Crippen MR) is 130 cm³/mol. The second-order valence-corrected chi connectivity index (χ2v) is 7.80. The Bertz CT molecular complexity index is 972. The van der Waals surface area contributed by atoms with Gasteiger partial charge in [0.1, 0.15) is 11.5 Å². The molecule has 0 unspecified atom stereocenters. The van der Waals surface area contributed by atoms with Crippen molar-refractivity contribution in [3.63, 3.8) is 0 Å². The highest BCUT2D eigenvalue weighted by Crippen LogP contribution is 2.32. The average molecular weight is 471 g/mol. The van der Waals surface area contributed by atoms with Crippen molar-refractivity contribution in [2.75, 3.05) is 44.8 Å². The summed E-state index contributed by atoms with van der Waals surface area (Å²) in [5.74, 6) is 1.67. The van der Waals surface area contributed by atoms with Crippen LogP contribution >= 0.6 is 0 Å². The Morgan fingerprint density at radius 2 is 1.47 bits per heavy atom. The first-order valence-corrected chi connectivity index (χ1v) is 11.9. The number of ether oxygens (including phenoxy) is 4. The lowest BCUT2D eigenvalue weighted by Crippen LogP contribution is -2.38. The summed E-state index contributed by atoms with van der Waals surface area (Å²) in [5, 5.41) is 2.89. The number of nitrogens with one attached hydrogen (secondary N) is 1. The van der Waals surface area contributed by atoms with E-state index >= 15 is 0 Å². The lowest BCUT2D eigenvalue weighted by atomic mass is 10.1. The molecule has 0 atom stereocenters. The first-order chi connectivity index (χ1) is 16.5. The molecule has 0 aromatic heterocycles. The molecule has 0 saturated carbocycles. The Balaban J connectivity index is 1.73. The van der Waals surface area contributed by atoms with Crippen LogP contribution in [0.3, 0.4) is 0 Å². The van der Waals surface area contributed by atoms with E-state index in [-0.39, 0.29) is 18.4 Å². The predicted octanol–water partition coefficient (Wildman–Crippen LogP) is 4.53. The third-order valence-electron chi connectivity index (χ3n) is 5.38. The van der Waals surface area contributed by atoms with E-state index in [0.717, 1.165) is 32.4 Å². The molecule has 1 aliphatic rings. The quantitative estimate of drug-likeness (QED) is 0.519. The van der Waals surface area contributed by atoms with Gasteiger partial charge in [-0.3, -0.25) is 9.59 Å². The van der Waals surface area contributed by atoms with Crippen LogP contribution in [-0.4, -0.2) is 56.2 Å². The van der Waals surface area contributed by atoms with E-state index in [2.05, 4.69) is 5.32 Å². The molecular formula is C26H34N2O6. The van der Waals surface area contributed by atoms with Crippen molar-refractivity contribution < 1.29 is 28.5 Å². The lowest BCUT2D eigenvalue weighted by Gasteiger charge is -2.26. The fourth-order valence-electron chi connectivity index (χ4n) is 3.75. The number of piperidine rings is 1. The van der Waals surface area contributed by atoms with E-state index < -0.39 is 0 Å². The van der Waals surface area contributed by atoms with Gasteiger partial charge in [-0.05, 0) is 70.4 Å². The second kappa shape index (κ2) is 12.7. The van der Waals surface area contributed by atoms with Crippen molar-refractivity contribution in [2.45, 2.75) is 40.0 Å². The monoisotopic (exact) mass is 470 g/mol. The van der Waals surface area contributed by atoms with Crippen LogP contribution in [0.25, 0.3) is 0 Å². The number of hydrogen-bond acceptors (Lipinski definition) is 6. The van der Waals surface area contributed by atoms with E-state index in [9.17, 15) is 9.59 Å². The summed E-state index contributed by atoms with van der Waals surface area (Å²) in [4.78, 5) is 27.3. The molecule has 1 saturated heterocycles. The van der Waals surface area contributed by atoms with Crippen molar-refractivity contribution in [3.05, 3.63) is 42.0 Å². The van der Waals surface area contributed by atoms with Crippen molar-refractivity contribution in [2.24, 2.45) is 0 Å². The van der Waals surface area contributed by atoms with E-state index in [1.54, 1.807) is 36.4 Å². The van der Waals surface area contributed by atoms with E-state index in [4.69, 9.17) is 18.9 Å². The average Bonchev–Trinajstić information content (AvgIpc) is 2.85. The summed E-state index contributed by atoms with van der Waals surface area (Å²) in [6.07, 6.45) is 3.21. The first kappa shape index (κ1) is 25.2. The maximum Gasteiger partial charge on any atom is 0.260 e. The summed E-state index contributed by atoms with van der Waals surface area (Å²) in [6, 6.07) is 10.2. The molecule has 2 aromatic carbocycles. The third-order valence-corrected chi connectivity index (χ3v) is 5.38. The molecular weight excluding hydrogens is 436 g/mol. The van der Waals surface area contributed by atoms with Gasteiger partial charge in [0, 0.05) is 24.7 Å². The number of anilines is 1. The highest BCUT2D eigenvalue weighted by molar-refractivity contribution is 6.05. The molecule has 34 heavy (non-hydrogen) atoms. The molecule has 2 amide bonds. The second-order valence-electron chi connectivity index (χ2n) is 7.80. The minimum absolute atomic E-state index is 0.0402. The van der Waals surface area contributed by atoms with Gasteiger partial charge in [0.05, 0.1) is 25.5 Å². The molecule has 0 aliphatic carbocycles. The molecule has 1 N–H and O–H groups in total. The Morgan fingerprint density at radius 1 is 0.794 bits per heavy atom. The van der Waals surface area contributed by atoms with Crippen LogP contribution < -0.4 is 24.3 Å². The van der Waals surface area contributed by atoms with Gasteiger partial charge in [-0.25, -0.2) is 0 Å². The van der Waals surface area contributed by atoms with Gasteiger partial charge in [-0.15, -0.1) is 0 Å². The zero-order valence-corrected chi connectivity index (χ0v) is 20.2. The summed E-state index contributed by atoms with van der Waals surface area (Å²) in [6.45, 7) is 8.48. The number of hydrogen-bond donors (Lipinski definition) is 1. The van der Waals surface area contributed by atoms with Crippen molar-refractivity contribution in [3.8, 4) is 23.0 Å². The Labute approximate surface area is 201 Å². The first-order valence-electron chi connectivity index (χ1n) is 11.9. The van der Waals surface area contributed by atoms with Gasteiger partial charge in [-0.2, -0.15) is 0 Å². The summed E-state index contributed by atoms with van der Waals surface area (Å²) in [7, 11) is 0. The Morgan fingerprint density at radius 3 is 2.18 bits per heavy atom. The Kier molecular flexibility index (Phi) is 9.43. The Hall–Kier alpha value is -3.42. The molecule has 0 radical (unpaired) electrons. The highest BCUT2D eigenvalue weighted by Gasteiger charge is 2.19. The fourth-order valence-corrected chi connectivity index (χ4v) is 3.75. The summed E-state index contributed by atoms with van der Waals surface area (Å²) < 4.78 is 22.7. The molecule has 0 bridgehead atoms. The van der Waals surface area contributed by atoms with E-state index in [1.807, 2.05) is 25.7 Å². The molecule has 184 valence electrons. The van der Waals surface area contributed by atoms with Crippen LogP contribution in [0.4, 0.5) is 5.69 Å². The van der Waals surface area contributed by atoms with E-state index in [0.29, 0.717) is 54.1 Å². The zero-order chi connectivity index (χ0) is 24.3. The topological polar surface area (TPSA) is 86.3 Å². The van der Waals surface area contributed by atoms with Gasteiger partial charge in [0.15, 0.2) is 18.1 Å². The van der Waals surface area contributed by atoms with Crippen molar-refractivity contribution in [1.82, 2.24) is 4.90 Å². The highest BCUT2D eigenvalue weighted by atomic mass is 16.5. The van der Waals surface area contributed by atoms with Gasteiger partial charge in [0.2, 0.25) is 0 Å². The normalized spacial score (nSPS) is 13.2. The lowest BCUT2D eigenvalue weighted by molar-refractivity contribution is -0.134. The number of rotatable bonds is 11. The van der Waals surface area contributed by atoms with Gasteiger partial charge < -0.3 is 29.2 Å². The van der Waals surface area contributed by atoms with E-state index in [1.165, 1.54) is 0 Å². The maximum atomic E-state index is 13.0. The number of carbonyl (C=O) groups excluding carboxylic acids is 2. The molecule has 1 heterocycles. The van der Waals surface area contributed by atoms with Crippen LogP contribution in [0.5, 0.6) is 23.0 Å². The van der Waals surface area contributed by atoms with Crippen LogP contribution in [-0.2, 0) is 4.79 Å². The summed E-state index contributed by atoms with van der Waals surface area (Å²) >= 11 is 0. The third kappa shape index (κ3) is 6.79. The number of nitrogens with zero attached hydrogens (tertiary/aromatic N) is 1. The van der Waals surface area contributed by atoms with Crippen LogP contribution in [0.1, 0.15) is 50.4 Å². The molecule has 3 rings (SSSR count). The smallest absolute Gasteiger partial charge is 0.260 e. The fraction of sp³-hybridized carbons (Fsp3) is 0.462.